The molecule has 3 aromatic rings. The predicted octanol–water partition coefficient (Wildman–Crippen LogP) is 5.57. The molecule has 3 rings (SSSR count). The maximum absolute atomic E-state index is 4.60. The Morgan fingerprint density at radius 3 is 2.63 bits per heavy atom. The highest BCUT2D eigenvalue weighted by Gasteiger charge is 2.16. The first-order chi connectivity index (χ1) is 12.9. The number of allylic oxidation sites excluding steroid dienone is 1. The lowest BCUT2D eigenvalue weighted by molar-refractivity contribution is 0.271. The van der Waals surface area contributed by atoms with E-state index in [-0.39, 0.29) is 0 Å². The van der Waals surface area contributed by atoms with Crippen molar-refractivity contribution < 1.29 is 0 Å². The fourth-order valence-electron chi connectivity index (χ4n) is 3.97. The zero-order chi connectivity index (χ0) is 19.6. The van der Waals surface area contributed by atoms with Crippen LogP contribution in [0.25, 0.3) is 16.4 Å². The Labute approximate surface area is 163 Å². The number of nitrogens with zero attached hydrogens (tertiary/aromatic N) is 3. The topological polar surface area (TPSA) is 20.5 Å². The Bertz CT molecular complexity index is 959. The Morgan fingerprint density at radius 1 is 1.19 bits per heavy atom. The summed E-state index contributed by atoms with van der Waals surface area (Å²) in [7, 11) is 0. The minimum atomic E-state index is 0.672. The maximum Gasteiger partial charge on any atom is 0.110 e. The number of rotatable bonds is 7. The molecule has 0 saturated carbocycles. The third-order valence-corrected chi connectivity index (χ3v) is 5.18. The minimum Gasteiger partial charge on any atom is -0.299 e. The van der Waals surface area contributed by atoms with E-state index in [4.69, 9.17) is 0 Å². The van der Waals surface area contributed by atoms with Gasteiger partial charge in [-0.3, -0.25) is 9.30 Å². The molecule has 0 fully saturated rings. The third-order valence-electron chi connectivity index (χ3n) is 5.18. The van der Waals surface area contributed by atoms with Gasteiger partial charge in [0.2, 0.25) is 0 Å². The first-order valence-corrected chi connectivity index (χ1v) is 10.1. The Morgan fingerprint density at radius 2 is 1.93 bits per heavy atom. The first kappa shape index (κ1) is 19.6. The van der Waals surface area contributed by atoms with E-state index in [1.807, 2.05) is 6.20 Å². The Hall–Kier alpha value is -2.13. The van der Waals surface area contributed by atoms with E-state index in [9.17, 15) is 0 Å². The lowest BCUT2D eigenvalue weighted by atomic mass is 10.1. The summed E-state index contributed by atoms with van der Waals surface area (Å²) in [5.74, 6) is 1.73. The van der Waals surface area contributed by atoms with Gasteiger partial charge in [-0.2, -0.15) is 0 Å². The van der Waals surface area contributed by atoms with Gasteiger partial charge < -0.3 is 0 Å². The van der Waals surface area contributed by atoms with Crippen LogP contribution in [0.1, 0.15) is 44.6 Å². The van der Waals surface area contributed by atoms with Crippen molar-refractivity contribution in [2.75, 3.05) is 19.6 Å². The summed E-state index contributed by atoms with van der Waals surface area (Å²) in [5, 5.41) is 1.36. The predicted molar refractivity (Wildman–Crippen MR) is 117 cm³/mol. The molecule has 144 valence electrons. The summed E-state index contributed by atoms with van der Waals surface area (Å²) in [6, 6.07) is 8.76. The van der Waals surface area contributed by atoms with Gasteiger partial charge >= 0.3 is 0 Å². The van der Waals surface area contributed by atoms with Crippen LogP contribution >= 0.6 is 0 Å². The van der Waals surface area contributed by atoms with Gasteiger partial charge in [-0.1, -0.05) is 43.7 Å². The van der Waals surface area contributed by atoms with Crippen LogP contribution in [0.5, 0.6) is 0 Å². The number of aromatic nitrogens is 2. The normalized spacial score (nSPS) is 11.9. The molecule has 2 aromatic heterocycles. The Balaban J connectivity index is 2.00. The van der Waals surface area contributed by atoms with E-state index in [0.29, 0.717) is 5.92 Å². The van der Waals surface area contributed by atoms with Gasteiger partial charge in [0.05, 0.1) is 11.0 Å². The van der Waals surface area contributed by atoms with Gasteiger partial charge in [-0.05, 0) is 57.2 Å². The number of para-hydroxylation sites is 1. The molecule has 0 aliphatic carbocycles. The molecule has 2 heterocycles. The molecule has 0 aliphatic heterocycles. The van der Waals surface area contributed by atoms with Gasteiger partial charge in [0.1, 0.15) is 5.82 Å². The van der Waals surface area contributed by atoms with E-state index in [1.165, 1.54) is 33.1 Å². The summed E-state index contributed by atoms with van der Waals surface area (Å²) < 4.78 is 2.34. The van der Waals surface area contributed by atoms with E-state index < -0.39 is 0 Å². The molecule has 0 atom stereocenters. The SMILES string of the molecule is CC(C)=CCN(CCc1c2ccccc2n2c(C)ncc(C)c12)CC(C)C. The number of aryl methyl sites for hydroxylation is 2. The highest BCUT2D eigenvalue weighted by Crippen LogP contribution is 2.30. The van der Waals surface area contributed by atoms with Gasteiger partial charge in [-0.25, -0.2) is 4.98 Å². The molecule has 0 amide bonds. The second-order valence-corrected chi connectivity index (χ2v) is 8.35. The second-order valence-electron chi connectivity index (χ2n) is 8.35. The maximum atomic E-state index is 4.60. The van der Waals surface area contributed by atoms with Crippen LogP contribution in [-0.4, -0.2) is 33.9 Å². The standard InChI is InChI=1S/C24H33N3/c1-17(2)11-13-26(16-18(3)4)14-12-22-21-9-7-8-10-23(21)27-20(6)25-15-19(5)24(22)27/h7-11,15,18H,12-14,16H2,1-6H3. The van der Waals surface area contributed by atoms with Crippen LogP contribution in [0, 0.1) is 19.8 Å². The number of fused-ring (bicyclic) bond motifs is 3. The van der Waals surface area contributed by atoms with Crippen LogP contribution < -0.4 is 0 Å². The van der Waals surface area contributed by atoms with Crippen LogP contribution in [-0.2, 0) is 6.42 Å². The number of hydrogen-bond acceptors (Lipinski definition) is 2. The van der Waals surface area contributed by atoms with E-state index in [0.717, 1.165) is 31.9 Å². The van der Waals surface area contributed by atoms with Crippen molar-refractivity contribution in [3.05, 3.63) is 59.1 Å². The zero-order valence-corrected chi connectivity index (χ0v) is 17.7. The quantitative estimate of drug-likeness (QED) is 0.511. The van der Waals surface area contributed by atoms with Crippen molar-refractivity contribution >= 4 is 16.4 Å². The highest BCUT2D eigenvalue weighted by atomic mass is 15.1. The molecule has 0 radical (unpaired) electrons. The molecular formula is C24H33N3. The summed E-state index contributed by atoms with van der Waals surface area (Å²) >= 11 is 0. The molecule has 0 unspecified atom stereocenters. The van der Waals surface area contributed by atoms with Crippen LogP contribution in [0.4, 0.5) is 0 Å². The third kappa shape index (κ3) is 4.24. The molecule has 0 N–H and O–H groups in total. The van der Waals surface area contributed by atoms with Crippen molar-refractivity contribution in [2.45, 2.75) is 48.0 Å². The van der Waals surface area contributed by atoms with Crippen molar-refractivity contribution in [1.82, 2.24) is 14.3 Å². The molecule has 0 aliphatic rings. The molecule has 27 heavy (non-hydrogen) atoms. The van der Waals surface area contributed by atoms with Gasteiger partial charge in [0, 0.05) is 31.2 Å². The monoisotopic (exact) mass is 363 g/mol. The van der Waals surface area contributed by atoms with Crippen molar-refractivity contribution in [3.8, 4) is 0 Å². The first-order valence-electron chi connectivity index (χ1n) is 10.1. The average molecular weight is 364 g/mol. The fourth-order valence-corrected chi connectivity index (χ4v) is 3.97. The van der Waals surface area contributed by atoms with E-state index >= 15 is 0 Å². The molecule has 0 saturated heterocycles. The van der Waals surface area contributed by atoms with Gasteiger partial charge in [0.15, 0.2) is 0 Å². The smallest absolute Gasteiger partial charge is 0.110 e. The van der Waals surface area contributed by atoms with Crippen LogP contribution in [0.3, 0.4) is 0 Å². The van der Waals surface area contributed by atoms with Crippen molar-refractivity contribution in [2.24, 2.45) is 5.92 Å². The molecule has 1 aromatic carbocycles. The fraction of sp³-hybridized carbons (Fsp3) is 0.458. The molecular weight excluding hydrogens is 330 g/mol. The number of hydrogen-bond donors (Lipinski definition) is 0. The lowest BCUT2D eigenvalue weighted by Gasteiger charge is -2.23. The second kappa shape index (κ2) is 8.26. The Kier molecular flexibility index (Phi) is 6.01. The van der Waals surface area contributed by atoms with Gasteiger partial charge in [-0.15, -0.1) is 0 Å². The van der Waals surface area contributed by atoms with E-state index in [1.54, 1.807) is 0 Å². The summed E-state index contributed by atoms with van der Waals surface area (Å²) in [5.41, 5.74) is 6.72. The van der Waals surface area contributed by atoms with Crippen LogP contribution in [0.2, 0.25) is 0 Å². The van der Waals surface area contributed by atoms with Crippen molar-refractivity contribution in [3.63, 3.8) is 0 Å². The minimum absolute atomic E-state index is 0.672. The van der Waals surface area contributed by atoms with E-state index in [2.05, 4.69) is 86.2 Å². The highest BCUT2D eigenvalue weighted by molar-refractivity contribution is 5.93. The molecule has 3 nitrogen and oxygen atoms in total. The molecule has 0 spiro atoms. The molecule has 0 bridgehead atoms. The summed E-state index contributed by atoms with van der Waals surface area (Å²) in [6.45, 7) is 16.5. The summed E-state index contributed by atoms with van der Waals surface area (Å²) in [4.78, 5) is 7.18. The van der Waals surface area contributed by atoms with Crippen LogP contribution in [0.15, 0.2) is 42.1 Å². The largest absolute Gasteiger partial charge is 0.299 e. The molecule has 3 heteroatoms. The van der Waals surface area contributed by atoms with Gasteiger partial charge in [0.25, 0.3) is 0 Å². The lowest BCUT2D eigenvalue weighted by Crippen LogP contribution is -2.30. The van der Waals surface area contributed by atoms with Crippen molar-refractivity contribution in [1.29, 1.82) is 0 Å². The summed E-state index contributed by atoms with van der Waals surface area (Å²) in [6.07, 6.45) is 5.42. The number of benzene rings is 1. The zero-order valence-electron chi connectivity index (χ0n) is 17.7. The average Bonchev–Trinajstić information content (AvgIpc) is 2.96.